The number of aromatic amines is 1. The topological polar surface area (TPSA) is 53.2 Å². The number of carbonyl (C=O) groups is 1. The first kappa shape index (κ1) is 12.4. The van der Waals surface area contributed by atoms with Crippen LogP contribution in [0.5, 0.6) is 0 Å². The lowest BCUT2D eigenvalue weighted by Gasteiger charge is -2.17. The number of aromatic nitrogens is 1. The first-order chi connectivity index (χ1) is 8.59. The molecule has 0 radical (unpaired) electrons. The Hall–Kier alpha value is -2.07. The molecule has 0 unspecified atom stereocenters. The third-order valence-electron chi connectivity index (χ3n) is 2.55. The van der Waals surface area contributed by atoms with E-state index in [1.807, 2.05) is 30.3 Å². The van der Waals surface area contributed by atoms with Gasteiger partial charge in [0.15, 0.2) is 0 Å². The van der Waals surface area contributed by atoms with Crippen LogP contribution in [-0.4, -0.2) is 17.9 Å². The zero-order chi connectivity index (χ0) is 13.1. The van der Waals surface area contributed by atoms with Crippen molar-refractivity contribution in [2.24, 2.45) is 0 Å². The summed E-state index contributed by atoms with van der Waals surface area (Å²) in [7, 11) is 1.66. The number of para-hydroxylation sites is 1. The van der Waals surface area contributed by atoms with Gasteiger partial charge in [-0.25, -0.2) is 0 Å². The standard InChI is InChI=1S/C13H11ClN2O2/c1-16(10-5-3-2-4-6-10)13(18)9-7-11(14)12(17)15-8-9/h2-8H,1H3,(H,15,17). The second-order valence-corrected chi connectivity index (χ2v) is 4.17. The van der Waals surface area contributed by atoms with Crippen molar-refractivity contribution in [1.82, 2.24) is 4.98 Å². The van der Waals surface area contributed by atoms with E-state index in [-0.39, 0.29) is 10.9 Å². The van der Waals surface area contributed by atoms with Crippen LogP contribution in [0.15, 0.2) is 47.4 Å². The Morgan fingerprint density at radius 2 is 1.94 bits per heavy atom. The van der Waals surface area contributed by atoms with Crippen molar-refractivity contribution in [3.63, 3.8) is 0 Å². The molecule has 1 aromatic heterocycles. The fourth-order valence-corrected chi connectivity index (χ4v) is 1.71. The highest BCUT2D eigenvalue weighted by molar-refractivity contribution is 6.30. The van der Waals surface area contributed by atoms with Crippen molar-refractivity contribution in [2.75, 3.05) is 11.9 Å². The lowest BCUT2D eigenvalue weighted by Crippen LogP contribution is -2.27. The summed E-state index contributed by atoms with van der Waals surface area (Å²) in [6.07, 6.45) is 1.36. The summed E-state index contributed by atoms with van der Waals surface area (Å²) in [6, 6.07) is 10.6. The van der Waals surface area contributed by atoms with E-state index in [4.69, 9.17) is 11.6 Å². The summed E-state index contributed by atoms with van der Waals surface area (Å²) in [5.74, 6) is -0.237. The van der Waals surface area contributed by atoms with E-state index in [0.717, 1.165) is 5.69 Å². The van der Waals surface area contributed by atoms with Crippen LogP contribution in [0, 0.1) is 0 Å². The Bertz CT molecular complexity index is 622. The zero-order valence-corrected chi connectivity index (χ0v) is 10.4. The van der Waals surface area contributed by atoms with E-state index in [2.05, 4.69) is 4.98 Å². The predicted molar refractivity (Wildman–Crippen MR) is 71.2 cm³/mol. The number of hydrogen-bond donors (Lipinski definition) is 1. The molecule has 0 saturated heterocycles. The Morgan fingerprint density at radius 3 is 2.56 bits per heavy atom. The molecule has 1 aromatic carbocycles. The Kier molecular flexibility index (Phi) is 3.48. The predicted octanol–water partition coefficient (Wildman–Crippen LogP) is 2.30. The number of nitrogens with one attached hydrogen (secondary N) is 1. The first-order valence-corrected chi connectivity index (χ1v) is 5.69. The molecule has 5 heteroatoms. The molecule has 0 saturated carbocycles. The molecule has 2 aromatic rings. The number of rotatable bonds is 2. The molecule has 0 aliphatic rings. The van der Waals surface area contributed by atoms with Crippen LogP contribution in [0.4, 0.5) is 5.69 Å². The Balaban J connectivity index is 2.31. The van der Waals surface area contributed by atoms with E-state index in [9.17, 15) is 9.59 Å². The van der Waals surface area contributed by atoms with Gasteiger partial charge in [-0.05, 0) is 18.2 Å². The molecule has 4 nitrogen and oxygen atoms in total. The fourth-order valence-electron chi connectivity index (χ4n) is 1.54. The SMILES string of the molecule is CN(C(=O)c1c[nH]c(=O)c(Cl)c1)c1ccccc1. The van der Waals surface area contributed by atoms with Gasteiger partial charge in [0, 0.05) is 18.9 Å². The first-order valence-electron chi connectivity index (χ1n) is 5.31. The molecular formula is C13H11ClN2O2. The minimum absolute atomic E-state index is 0.00214. The van der Waals surface area contributed by atoms with E-state index in [1.54, 1.807) is 7.05 Å². The van der Waals surface area contributed by atoms with Crippen molar-refractivity contribution in [2.45, 2.75) is 0 Å². The van der Waals surface area contributed by atoms with Gasteiger partial charge in [0.05, 0.1) is 5.56 Å². The van der Waals surface area contributed by atoms with Gasteiger partial charge < -0.3 is 9.88 Å². The Labute approximate surface area is 109 Å². The minimum Gasteiger partial charge on any atom is -0.327 e. The maximum atomic E-state index is 12.2. The summed E-state index contributed by atoms with van der Waals surface area (Å²) in [5, 5.41) is 0.00214. The molecule has 0 aliphatic carbocycles. The van der Waals surface area contributed by atoms with E-state index < -0.39 is 5.56 Å². The van der Waals surface area contributed by atoms with E-state index >= 15 is 0 Å². The molecule has 1 N–H and O–H groups in total. The second-order valence-electron chi connectivity index (χ2n) is 3.77. The van der Waals surface area contributed by atoms with Crippen LogP contribution in [0.1, 0.15) is 10.4 Å². The number of nitrogens with zero attached hydrogens (tertiary/aromatic N) is 1. The number of carbonyl (C=O) groups excluding carboxylic acids is 1. The van der Waals surface area contributed by atoms with Crippen molar-refractivity contribution in [1.29, 1.82) is 0 Å². The van der Waals surface area contributed by atoms with Gasteiger partial charge in [-0.3, -0.25) is 9.59 Å². The quantitative estimate of drug-likeness (QED) is 0.903. The third-order valence-corrected chi connectivity index (χ3v) is 2.83. The van der Waals surface area contributed by atoms with Crippen LogP contribution in [-0.2, 0) is 0 Å². The molecule has 1 amide bonds. The van der Waals surface area contributed by atoms with Crippen LogP contribution in [0.3, 0.4) is 0 Å². The lowest BCUT2D eigenvalue weighted by molar-refractivity contribution is 0.0992. The molecule has 18 heavy (non-hydrogen) atoms. The van der Waals surface area contributed by atoms with E-state index in [0.29, 0.717) is 5.56 Å². The van der Waals surface area contributed by atoms with Gasteiger partial charge in [-0.15, -0.1) is 0 Å². The van der Waals surface area contributed by atoms with Crippen molar-refractivity contribution >= 4 is 23.2 Å². The van der Waals surface area contributed by atoms with Crippen LogP contribution >= 0.6 is 11.6 Å². The fraction of sp³-hybridized carbons (Fsp3) is 0.0769. The van der Waals surface area contributed by atoms with Gasteiger partial charge >= 0.3 is 0 Å². The normalized spacial score (nSPS) is 10.1. The van der Waals surface area contributed by atoms with Gasteiger partial charge in [-0.1, -0.05) is 29.8 Å². The average molecular weight is 263 g/mol. The van der Waals surface area contributed by atoms with Crippen LogP contribution in [0.2, 0.25) is 5.02 Å². The molecule has 0 spiro atoms. The maximum absolute atomic E-state index is 12.2. The maximum Gasteiger partial charge on any atom is 0.266 e. The van der Waals surface area contributed by atoms with Crippen molar-refractivity contribution in [3.05, 3.63) is 63.5 Å². The smallest absolute Gasteiger partial charge is 0.266 e. The molecular weight excluding hydrogens is 252 g/mol. The van der Waals surface area contributed by atoms with E-state index in [1.165, 1.54) is 17.2 Å². The zero-order valence-electron chi connectivity index (χ0n) is 9.68. The number of H-pyrrole nitrogens is 1. The summed E-state index contributed by atoms with van der Waals surface area (Å²) in [4.78, 5) is 27.2. The molecule has 2 rings (SSSR count). The lowest BCUT2D eigenvalue weighted by atomic mass is 10.2. The van der Waals surface area contributed by atoms with Crippen LogP contribution in [0.25, 0.3) is 0 Å². The number of hydrogen-bond acceptors (Lipinski definition) is 2. The second kappa shape index (κ2) is 5.06. The molecule has 0 fully saturated rings. The largest absolute Gasteiger partial charge is 0.327 e. The molecule has 0 bridgehead atoms. The number of benzene rings is 1. The number of halogens is 1. The summed E-state index contributed by atoms with van der Waals surface area (Å²) in [5.41, 5.74) is 0.700. The third kappa shape index (κ3) is 2.43. The highest BCUT2D eigenvalue weighted by Crippen LogP contribution is 2.15. The summed E-state index contributed by atoms with van der Waals surface area (Å²) >= 11 is 5.69. The number of amides is 1. The highest BCUT2D eigenvalue weighted by atomic mass is 35.5. The van der Waals surface area contributed by atoms with Crippen LogP contribution < -0.4 is 10.5 Å². The number of anilines is 1. The van der Waals surface area contributed by atoms with Gasteiger partial charge in [-0.2, -0.15) is 0 Å². The monoisotopic (exact) mass is 262 g/mol. The van der Waals surface area contributed by atoms with Crippen molar-refractivity contribution < 1.29 is 4.79 Å². The van der Waals surface area contributed by atoms with Gasteiger partial charge in [0.25, 0.3) is 11.5 Å². The van der Waals surface area contributed by atoms with Gasteiger partial charge in [0.1, 0.15) is 5.02 Å². The van der Waals surface area contributed by atoms with Gasteiger partial charge in [0.2, 0.25) is 0 Å². The average Bonchev–Trinajstić information content (AvgIpc) is 2.41. The Morgan fingerprint density at radius 1 is 1.28 bits per heavy atom. The molecule has 0 aliphatic heterocycles. The highest BCUT2D eigenvalue weighted by Gasteiger charge is 2.14. The van der Waals surface area contributed by atoms with Crippen molar-refractivity contribution in [3.8, 4) is 0 Å². The molecule has 1 heterocycles. The summed E-state index contributed by atoms with van der Waals surface area (Å²) in [6.45, 7) is 0. The minimum atomic E-state index is -0.407. The molecule has 0 atom stereocenters. The summed E-state index contributed by atoms with van der Waals surface area (Å²) < 4.78 is 0. The molecule has 92 valence electrons. The number of pyridine rings is 1.